The van der Waals surface area contributed by atoms with Crippen molar-refractivity contribution in [2.24, 2.45) is 5.73 Å². The Bertz CT molecular complexity index is 311. The summed E-state index contributed by atoms with van der Waals surface area (Å²) in [6.07, 6.45) is 1.71. The lowest BCUT2D eigenvalue weighted by Crippen LogP contribution is -2.50. The van der Waals surface area contributed by atoms with Crippen molar-refractivity contribution < 1.29 is 9.59 Å². The number of hydrogen-bond donors (Lipinski definition) is 2. The number of carbonyl (C=O) groups excluding carboxylic acids is 2. The highest BCUT2D eigenvalue weighted by molar-refractivity contribution is 5.81. The zero-order valence-electron chi connectivity index (χ0n) is 10.2. The van der Waals surface area contributed by atoms with Gasteiger partial charge in [-0.1, -0.05) is 0 Å². The Hall–Kier alpha value is -1.30. The van der Waals surface area contributed by atoms with Gasteiger partial charge in [0.15, 0.2) is 0 Å². The van der Waals surface area contributed by atoms with Crippen molar-refractivity contribution in [2.75, 3.05) is 26.2 Å². The van der Waals surface area contributed by atoms with E-state index >= 15 is 0 Å². The maximum Gasteiger partial charge on any atom is 0.317 e. The lowest BCUT2D eigenvalue weighted by Gasteiger charge is -2.36. The van der Waals surface area contributed by atoms with Gasteiger partial charge in [-0.3, -0.25) is 4.79 Å². The van der Waals surface area contributed by atoms with Crippen LogP contribution >= 0.6 is 0 Å². The van der Waals surface area contributed by atoms with E-state index in [1.54, 1.807) is 11.8 Å². The number of piperidine rings is 1. The van der Waals surface area contributed by atoms with Crippen LogP contribution in [0.2, 0.25) is 0 Å². The van der Waals surface area contributed by atoms with Gasteiger partial charge in [0, 0.05) is 32.2 Å². The Labute approximate surface area is 101 Å². The van der Waals surface area contributed by atoms with Crippen molar-refractivity contribution in [1.82, 2.24) is 15.1 Å². The van der Waals surface area contributed by atoms with Gasteiger partial charge in [-0.25, -0.2) is 4.79 Å². The minimum Gasteiger partial charge on any atom is -0.341 e. The first-order valence-electron chi connectivity index (χ1n) is 6.18. The summed E-state index contributed by atoms with van der Waals surface area (Å²) in [7, 11) is 0. The van der Waals surface area contributed by atoms with Gasteiger partial charge in [0.1, 0.15) is 0 Å². The molecule has 17 heavy (non-hydrogen) atoms. The Balaban J connectivity index is 1.85. The third-order valence-electron chi connectivity index (χ3n) is 3.50. The van der Waals surface area contributed by atoms with Crippen molar-refractivity contribution in [3.63, 3.8) is 0 Å². The lowest BCUT2D eigenvalue weighted by atomic mass is 10.0. The fourth-order valence-corrected chi connectivity index (χ4v) is 2.52. The van der Waals surface area contributed by atoms with Crippen LogP contribution in [-0.2, 0) is 4.79 Å². The van der Waals surface area contributed by atoms with E-state index in [1.165, 1.54) is 0 Å². The predicted octanol–water partition coefficient (Wildman–Crippen LogP) is -0.650. The average Bonchev–Trinajstić information content (AvgIpc) is 2.74. The summed E-state index contributed by atoms with van der Waals surface area (Å²) >= 11 is 0. The van der Waals surface area contributed by atoms with E-state index in [1.807, 2.05) is 4.90 Å². The Kier molecular flexibility index (Phi) is 3.51. The highest BCUT2D eigenvalue weighted by atomic mass is 16.2. The number of rotatable bonds is 2. The quantitative estimate of drug-likeness (QED) is 0.673. The van der Waals surface area contributed by atoms with E-state index in [2.05, 4.69) is 5.32 Å². The number of nitrogens with one attached hydrogen (secondary N) is 1. The van der Waals surface area contributed by atoms with Gasteiger partial charge in [-0.15, -0.1) is 0 Å². The van der Waals surface area contributed by atoms with Crippen molar-refractivity contribution in [3.05, 3.63) is 0 Å². The fourth-order valence-electron chi connectivity index (χ4n) is 2.52. The van der Waals surface area contributed by atoms with Crippen LogP contribution in [0.25, 0.3) is 0 Å². The van der Waals surface area contributed by atoms with Gasteiger partial charge in [0.05, 0.1) is 6.04 Å². The first kappa shape index (κ1) is 12.2. The highest BCUT2D eigenvalue weighted by Gasteiger charge is 2.32. The second-order valence-corrected chi connectivity index (χ2v) is 4.77. The van der Waals surface area contributed by atoms with Crippen molar-refractivity contribution in [2.45, 2.75) is 31.8 Å². The first-order chi connectivity index (χ1) is 8.09. The molecule has 0 aromatic heterocycles. The molecule has 2 aliphatic rings. The first-order valence-corrected chi connectivity index (χ1v) is 6.18. The molecule has 2 rings (SSSR count). The minimum atomic E-state index is -0.429. The summed E-state index contributed by atoms with van der Waals surface area (Å²) in [5.41, 5.74) is 5.58. The molecule has 2 saturated heterocycles. The summed E-state index contributed by atoms with van der Waals surface area (Å²) in [5.74, 6) is 0.00863. The van der Waals surface area contributed by atoms with Crippen LogP contribution in [-0.4, -0.2) is 60.0 Å². The third kappa shape index (κ3) is 2.52. The van der Waals surface area contributed by atoms with Gasteiger partial charge in [0.2, 0.25) is 5.91 Å². The lowest BCUT2D eigenvalue weighted by molar-refractivity contribution is -0.133. The second-order valence-electron chi connectivity index (χ2n) is 4.77. The Morgan fingerprint density at radius 2 is 2.06 bits per heavy atom. The molecule has 96 valence electrons. The standard InChI is InChI=1S/C11H20N4O2/c1-8(12)10(16)14-5-2-9(3-6-14)15-7-4-13-11(15)17/h8-9H,2-7,12H2,1H3,(H,13,17). The minimum absolute atomic E-state index is 0.00863. The van der Waals surface area contributed by atoms with Crippen LogP contribution < -0.4 is 11.1 Å². The topological polar surface area (TPSA) is 78.7 Å². The summed E-state index contributed by atoms with van der Waals surface area (Å²) < 4.78 is 0. The second kappa shape index (κ2) is 4.91. The molecule has 0 radical (unpaired) electrons. The van der Waals surface area contributed by atoms with E-state index in [0.717, 1.165) is 25.9 Å². The molecular weight excluding hydrogens is 220 g/mol. The number of nitrogens with zero attached hydrogens (tertiary/aromatic N) is 2. The summed E-state index contributed by atoms with van der Waals surface area (Å²) in [4.78, 5) is 26.9. The largest absolute Gasteiger partial charge is 0.341 e. The van der Waals surface area contributed by atoms with E-state index in [0.29, 0.717) is 13.1 Å². The van der Waals surface area contributed by atoms with Crippen molar-refractivity contribution >= 4 is 11.9 Å². The molecule has 3 N–H and O–H groups in total. The Morgan fingerprint density at radius 3 is 2.53 bits per heavy atom. The van der Waals surface area contributed by atoms with Crippen LogP contribution in [0.4, 0.5) is 4.79 Å². The molecule has 1 atom stereocenters. The molecule has 0 aromatic carbocycles. The van der Waals surface area contributed by atoms with Crippen LogP contribution in [0.3, 0.4) is 0 Å². The smallest absolute Gasteiger partial charge is 0.317 e. The van der Waals surface area contributed by atoms with Crippen molar-refractivity contribution in [3.8, 4) is 0 Å². The molecule has 0 saturated carbocycles. The molecule has 0 aromatic rings. The number of urea groups is 1. The molecule has 3 amide bonds. The number of hydrogen-bond acceptors (Lipinski definition) is 3. The average molecular weight is 240 g/mol. The summed E-state index contributed by atoms with van der Waals surface area (Å²) in [6, 6.07) is -0.127. The van der Waals surface area contributed by atoms with Gasteiger partial charge in [-0.2, -0.15) is 0 Å². The molecule has 1 unspecified atom stereocenters. The van der Waals surface area contributed by atoms with E-state index in [9.17, 15) is 9.59 Å². The van der Waals surface area contributed by atoms with Gasteiger partial charge < -0.3 is 20.9 Å². The van der Waals surface area contributed by atoms with E-state index < -0.39 is 6.04 Å². The SMILES string of the molecule is CC(N)C(=O)N1CCC(N2CCNC2=O)CC1. The molecule has 0 aliphatic carbocycles. The molecule has 6 nitrogen and oxygen atoms in total. The van der Waals surface area contributed by atoms with Crippen LogP contribution in [0, 0.1) is 0 Å². The maximum absolute atomic E-state index is 11.7. The van der Waals surface area contributed by atoms with Crippen LogP contribution in [0.5, 0.6) is 0 Å². The molecular formula is C11H20N4O2. The molecule has 2 fully saturated rings. The number of nitrogens with two attached hydrogens (primary N) is 1. The zero-order valence-corrected chi connectivity index (χ0v) is 10.2. The highest BCUT2D eigenvalue weighted by Crippen LogP contribution is 2.18. The van der Waals surface area contributed by atoms with E-state index in [4.69, 9.17) is 5.73 Å². The molecule has 2 heterocycles. The molecule has 2 aliphatic heterocycles. The zero-order chi connectivity index (χ0) is 12.4. The fraction of sp³-hybridized carbons (Fsp3) is 0.818. The van der Waals surface area contributed by atoms with E-state index in [-0.39, 0.29) is 18.0 Å². The van der Waals surface area contributed by atoms with Crippen molar-refractivity contribution in [1.29, 1.82) is 0 Å². The van der Waals surface area contributed by atoms with Crippen LogP contribution in [0.15, 0.2) is 0 Å². The molecule has 0 bridgehead atoms. The molecule has 0 spiro atoms. The normalized spacial score (nSPS) is 23.8. The monoisotopic (exact) mass is 240 g/mol. The predicted molar refractivity (Wildman–Crippen MR) is 63.4 cm³/mol. The van der Waals surface area contributed by atoms with Gasteiger partial charge in [0.25, 0.3) is 0 Å². The number of carbonyl (C=O) groups is 2. The van der Waals surface area contributed by atoms with Gasteiger partial charge in [-0.05, 0) is 19.8 Å². The maximum atomic E-state index is 11.7. The van der Waals surface area contributed by atoms with Crippen LogP contribution in [0.1, 0.15) is 19.8 Å². The number of likely N-dealkylation sites (tertiary alicyclic amines) is 1. The molecule has 6 heteroatoms. The number of amides is 3. The van der Waals surface area contributed by atoms with Gasteiger partial charge >= 0.3 is 6.03 Å². The summed E-state index contributed by atoms with van der Waals surface area (Å²) in [5, 5.41) is 2.81. The third-order valence-corrected chi connectivity index (χ3v) is 3.50. The Morgan fingerprint density at radius 1 is 1.41 bits per heavy atom. The summed E-state index contributed by atoms with van der Waals surface area (Å²) in [6.45, 7) is 4.63.